The van der Waals surface area contributed by atoms with E-state index in [1.165, 1.54) is 0 Å². The van der Waals surface area contributed by atoms with Crippen LogP contribution in [0.1, 0.15) is 29.9 Å². The zero-order valence-electron chi connectivity index (χ0n) is 16.1. The molecule has 0 aromatic heterocycles. The molecule has 6 nitrogen and oxygen atoms in total. The van der Waals surface area contributed by atoms with Gasteiger partial charge in [-0.05, 0) is 54.6 Å². The SMILES string of the molecule is Cl.NC[C@@H]1CN(S(=O)(=O)c2ccc3c(c2)CCCC(=O)N3)C[C@H]1c1ccccc1. The average Bonchev–Trinajstić information content (AvgIpc) is 3.06. The Morgan fingerprint density at radius 3 is 2.55 bits per heavy atom. The standard InChI is InChI=1S/C21H25N3O3S.ClH/c22-12-17-13-24(14-19(17)15-5-2-1-3-6-15)28(26,27)18-9-10-20-16(11-18)7-4-8-21(25)23-20;/h1-3,5-6,9-11,17,19H,4,7-8,12-14,22H2,(H,23,25);1H/t17-,19+;/m1./s1. The van der Waals surface area contributed by atoms with E-state index in [-0.39, 0.29) is 35.0 Å². The quantitative estimate of drug-likeness (QED) is 0.772. The van der Waals surface area contributed by atoms with Gasteiger partial charge in [-0.25, -0.2) is 8.42 Å². The second-order valence-electron chi connectivity index (χ2n) is 7.56. The number of nitrogens with zero attached hydrogens (tertiary/aromatic N) is 1. The second-order valence-corrected chi connectivity index (χ2v) is 9.49. The third-order valence-electron chi connectivity index (χ3n) is 5.78. The van der Waals surface area contributed by atoms with Crippen LogP contribution in [0.5, 0.6) is 0 Å². The van der Waals surface area contributed by atoms with Crippen molar-refractivity contribution in [3.05, 3.63) is 59.7 Å². The number of halogens is 1. The number of nitrogens with one attached hydrogen (secondary N) is 1. The van der Waals surface area contributed by atoms with Crippen LogP contribution in [0.3, 0.4) is 0 Å². The zero-order valence-corrected chi connectivity index (χ0v) is 17.7. The van der Waals surface area contributed by atoms with Crippen LogP contribution in [0.4, 0.5) is 5.69 Å². The first-order valence-corrected chi connectivity index (χ1v) is 11.1. The fourth-order valence-corrected chi connectivity index (χ4v) is 5.78. The number of carbonyl (C=O) groups excluding carboxylic acids is 1. The normalized spacial score (nSPS) is 22.3. The first-order chi connectivity index (χ1) is 13.5. The summed E-state index contributed by atoms with van der Waals surface area (Å²) < 4.78 is 28.2. The zero-order chi connectivity index (χ0) is 19.7. The number of amides is 1. The second kappa shape index (κ2) is 8.83. The summed E-state index contributed by atoms with van der Waals surface area (Å²) in [7, 11) is -3.62. The molecule has 0 unspecified atom stereocenters. The van der Waals surface area contributed by atoms with Crippen LogP contribution in [0.15, 0.2) is 53.4 Å². The Kier molecular flexibility index (Phi) is 6.63. The van der Waals surface area contributed by atoms with Gasteiger partial charge in [-0.2, -0.15) is 4.31 Å². The number of rotatable bonds is 4. The molecule has 2 aliphatic heterocycles. The van der Waals surface area contributed by atoms with Crippen molar-refractivity contribution in [3.63, 3.8) is 0 Å². The van der Waals surface area contributed by atoms with Crippen LogP contribution in [0, 0.1) is 5.92 Å². The summed E-state index contributed by atoms with van der Waals surface area (Å²) in [6.45, 7) is 1.30. The number of carbonyl (C=O) groups is 1. The van der Waals surface area contributed by atoms with Crippen molar-refractivity contribution in [2.75, 3.05) is 25.0 Å². The number of fused-ring (bicyclic) bond motifs is 1. The lowest BCUT2D eigenvalue weighted by Crippen LogP contribution is -2.30. The summed E-state index contributed by atoms with van der Waals surface area (Å²) >= 11 is 0. The van der Waals surface area contributed by atoms with Crippen LogP contribution in [-0.2, 0) is 21.2 Å². The highest BCUT2D eigenvalue weighted by molar-refractivity contribution is 7.89. The fourth-order valence-electron chi connectivity index (χ4n) is 4.21. The van der Waals surface area contributed by atoms with Crippen molar-refractivity contribution in [1.82, 2.24) is 4.31 Å². The number of hydrogen-bond acceptors (Lipinski definition) is 4. The molecule has 2 atom stereocenters. The van der Waals surface area contributed by atoms with Crippen LogP contribution < -0.4 is 11.1 Å². The molecule has 1 amide bonds. The van der Waals surface area contributed by atoms with E-state index in [4.69, 9.17) is 5.73 Å². The molecule has 0 radical (unpaired) electrons. The Morgan fingerprint density at radius 1 is 1.07 bits per heavy atom. The molecule has 29 heavy (non-hydrogen) atoms. The largest absolute Gasteiger partial charge is 0.330 e. The van der Waals surface area contributed by atoms with Gasteiger partial charge < -0.3 is 11.1 Å². The summed E-state index contributed by atoms with van der Waals surface area (Å²) in [6, 6.07) is 15.0. The summed E-state index contributed by atoms with van der Waals surface area (Å²) in [5.41, 5.74) is 8.68. The molecule has 0 saturated carbocycles. The Labute approximate surface area is 177 Å². The number of sulfonamides is 1. The van der Waals surface area contributed by atoms with Crippen molar-refractivity contribution in [1.29, 1.82) is 0 Å². The van der Waals surface area contributed by atoms with Gasteiger partial charge in [0.05, 0.1) is 4.90 Å². The van der Waals surface area contributed by atoms with E-state index in [2.05, 4.69) is 5.32 Å². The van der Waals surface area contributed by atoms with Gasteiger partial charge in [-0.1, -0.05) is 30.3 Å². The number of hydrogen-bond donors (Lipinski definition) is 2. The predicted octanol–water partition coefficient (Wildman–Crippen LogP) is 2.75. The summed E-state index contributed by atoms with van der Waals surface area (Å²) in [5.74, 6) is 0.170. The minimum atomic E-state index is -3.62. The highest BCUT2D eigenvalue weighted by Crippen LogP contribution is 2.36. The van der Waals surface area contributed by atoms with Gasteiger partial charge in [0.1, 0.15) is 0 Å². The molecular formula is C21H26ClN3O3S. The van der Waals surface area contributed by atoms with Gasteiger partial charge in [0.2, 0.25) is 15.9 Å². The van der Waals surface area contributed by atoms with Crippen molar-refractivity contribution in [2.24, 2.45) is 11.7 Å². The molecule has 3 N–H and O–H groups in total. The summed E-state index contributed by atoms with van der Waals surface area (Å²) in [5, 5.41) is 2.85. The lowest BCUT2D eigenvalue weighted by molar-refractivity contribution is -0.116. The van der Waals surface area contributed by atoms with Crippen LogP contribution >= 0.6 is 12.4 Å². The molecule has 0 spiro atoms. The Bertz CT molecular complexity index is 982. The lowest BCUT2D eigenvalue weighted by atomic mass is 9.89. The first kappa shape index (κ1) is 21.8. The smallest absolute Gasteiger partial charge is 0.243 e. The van der Waals surface area contributed by atoms with E-state index in [1.54, 1.807) is 22.5 Å². The van der Waals surface area contributed by atoms with Gasteiger partial charge in [0.15, 0.2) is 0 Å². The Morgan fingerprint density at radius 2 is 1.83 bits per heavy atom. The topological polar surface area (TPSA) is 92.5 Å². The molecule has 2 aromatic rings. The predicted molar refractivity (Wildman–Crippen MR) is 116 cm³/mol. The van der Waals surface area contributed by atoms with E-state index < -0.39 is 10.0 Å². The van der Waals surface area contributed by atoms with Crippen LogP contribution in [-0.4, -0.2) is 38.3 Å². The van der Waals surface area contributed by atoms with Gasteiger partial charge >= 0.3 is 0 Å². The van der Waals surface area contributed by atoms with Crippen LogP contribution in [0.2, 0.25) is 0 Å². The first-order valence-electron chi connectivity index (χ1n) is 9.67. The van der Waals surface area contributed by atoms with Crippen molar-refractivity contribution >= 4 is 34.0 Å². The molecule has 0 aliphatic carbocycles. The summed E-state index contributed by atoms with van der Waals surface area (Å²) in [6.07, 6.45) is 1.87. The molecule has 0 bridgehead atoms. The van der Waals surface area contributed by atoms with Crippen molar-refractivity contribution in [3.8, 4) is 0 Å². The van der Waals surface area contributed by atoms with E-state index in [1.807, 2.05) is 30.3 Å². The highest BCUT2D eigenvalue weighted by Gasteiger charge is 2.39. The number of benzene rings is 2. The molecule has 4 rings (SSSR count). The van der Waals surface area contributed by atoms with Gasteiger partial charge in [0, 0.05) is 31.1 Å². The molecule has 1 fully saturated rings. The Hall–Kier alpha value is -1.93. The lowest BCUT2D eigenvalue weighted by Gasteiger charge is -2.18. The number of nitrogens with two attached hydrogens (primary N) is 1. The van der Waals surface area contributed by atoms with Gasteiger partial charge in [-0.15, -0.1) is 12.4 Å². The molecular weight excluding hydrogens is 410 g/mol. The summed E-state index contributed by atoms with van der Waals surface area (Å²) in [4.78, 5) is 12.0. The highest BCUT2D eigenvalue weighted by atomic mass is 35.5. The van der Waals surface area contributed by atoms with E-state index >= 15 is 0 Å². The third-order valence-corrected chi connectivity index (χ3v) is 7.60. The maximum Gasteiger partial charge on any atom is 0.243 e. The Balaban J connectivity index is 0.00000240. The van der Waals surface area contributed by atoms with Crippen LogP contribution in [0.25, 0.3) is 0 Å². The van der Waals surface area contributed by atoms with Gasteiger partial charge in [-0.3, -0.25) is 4.79 Å². The maximum absolute atomic E-state index is 13.3. The number of aryl methyl sites for hydroxylation is 1. The minimum absolute atomic E-state index is 0. The average molecular weight is 436 g/mol. The fraction of sp³-hybridized carbons (Fsp3) is 0.381. The molecule has 156 valence electrons. The van der Waals surface area contributed by atoms with Gasteiger partial charge in [0.25, 0.3) is 0 Å². The third kappa shape index (κ3) is 4.33. The molecule has 2 aromatic carbocycles. The van der Waals surface area contributed by atoms with E-state index in [0.717, 1.165) is 17.5 Å². The molecule has 1 saturated heterocycles. The van der Waals surface area contributed by atoms with E-state index in [0.29, 0.717) is 38.2 Å². The van der Waals surface area contributed by atoms with Crippen molar-refractivity contribution in [2.45, 2.75) is 30.1 Å². The molecule has 2 heterocycles. The van der Waals surface area contributed by atoms with Crippen molar-refractivity contribution < 1.29 is 13.2 Å². The molecule has 8 heteroatoms. The minimum Gasteiger partial charge on any atom is -0.330 e. The van der Waals surface area contributed by atoms with E-state index in [9.17, 15) is 13.2 Å². The monoisotopic (exact) mass is 435 g/mol. The number of anilines is 1. The molecule has 2 aliphatic rings. The maximum atomic E-state index is 13.3.